The van der Waals surface area contributed by atoms with Crippen molar-refractivity contribution >= 4 is 23.2 Å². The van der Waals surface area contributed by atoms with Crippen molar-refractivity contribution in [2.24, 2.45) is 7.05 Å². The lowest BCUT2D eigenvalue weighted by atomic mass is 10.1. The minimum Gasteiger partial charge on any atom is -0.398 e. The molecule has 6 heteroatoms. The number of carbonyl (C=O) groups is 1. The third-order valence-electron chi connectivity index (χ3n) is 3.34. The molecule has 106 valence electrons. The molecule has 0 saturated heterocycles. The average molecular weight is 293 g/mol. The van der Waals surface area contributed by atoms with Gasteiger partial charge >= 0.3 is 0 Å². The molecule has 0 aliphatic carbocycles. The molecular weight excluding hydrogens is 276 g/mol. The fourth-order valence-corrected chi connectivity index (χ4v) is 2.15. The molecule has 3 N–H and O–H groups in total. The highest BCUT2D eigenvalue weighted by Crippen LogP contribution is 2.19. The highest BCUT2D eigenvalue weighted by molar-refractivity contribution is 6.33. The number of anilines is 1. The lowest BCUT2D eigenvalue weighted by Gasteiger charge is -2.07. The van der Waals surface area contributed by atoms with Gasteiger partial charge < -0.3 is 11.1 Å². The van der Waals surface area contributed by atoms with Gasteiger partial charge in [0, 0.05) is 30.4 Å². The number of amides is 1. The SMILES string of the molecule is Cc1nn(C)c(C)c1CNC(=O)c1ccc(Cl)c(N)c1. The predicted octanol–water partition coefficient (Wildman–Crippen LogP) is 2.20. The van der Waals surface area contributed by atoms with E-state index in [1.54, 1.807) is 22.9 Å². The summed E-state index contributed by atoms with van der Waals surface area (Å²) in [5.41, 5.74) is 9.57. The van der Waals surface area contributed by atoms with Gasteiger partial charge in [0.05, 0.1) is 16.4 Å². The summed E-state index contributed by atoms with van der Waals surface area (Å²) in [6, 6.07) is 4.84. The molecule has 0 unspecified atom stereocenters. The normalized spacial score (nSPS) is 10.6. The highest BCUT2D eigenvalue weighted by Gasteiger charge is 2.12. The number of hydrogen-bond acceptors (Lipinski definition) is 3. The van der Waals surface area contributed by atoms with E-state index in [1.165, 1.54) is 0 Å². The molecule has 0 spiro atoms. The molecule has 1 amide bonds. The summed E-state index contributed by atoms with van der Waals surface area (Å²) in [6.07, 6.45) is 0. The largest absolute Gasteiger partial charge is 0.398 e. The Morgan fingerprint density at radius 2 is 2.15 bits per heavy atom. The molecule has 20 heavy (non-hydrogen) atoms. The highest BCUT2D eigenvalue weighted by atomic mass is 35.5. The minimum absolute atomic E-state index is 0.184. The molecule has 0 fully saturated rings. The molecule has 0 saturated carbocycles. The van der Waals surface area contributed by atoms with Gasteiger partial charge in [-0.2, -0.15) is 5.10 Å². The minimum atomic E-state index is -0.184. The number of nitrogens with one attached hydrogen (secondary N) is 1. The first kappa shape index (κ1) is 14.4. The van der Waals surface area contributed by atoms with Crippen molar-refractivity contribution in [3.8, 4) is 0 Å². The number of halogens is 1. The molecular formula is C14H17ClN4O. The maximum Gasteiger partial charge on any atom is 0.251 e. The number of nitrogen functional groups attached to an aromatic ring is 1. The van der Waals surface area contributed by atoms with E-state index in [9.17, 15) is 4.79 Å². The topological polar surface area (TPSA) is 72.9 Å². The molecule has 2 aromatic rings. The number of benzene rings is 1. The van der Waals surface area contributed by atoms with Crippen LogP contribution < -0.4 is 11.1 Å². The van der Waals surface area contributed by atoms with Crippen LogP contribution in [0.1, 0.15) is 27.3 Å². The first-order valence-corrected chi connectivity index (χ1v) is 6.60. The standard InChI is InChI=1S/C14H17ClN4O/c1-8-11(9(2)19(3)18-8)7-17-14(20)10-4-5-12(15)13(16)6-10/h4-6H,7,16H2,1-3H3,(H,17,20). The van der Waals surface area contributed by atoms with Crippen molar-refractivity contribution in [3.63, 3.8) is 0 Å². The Labute approximate surface area is 122 Å². The fraction of sp³-hybridized carbons (Fsp3) is 0.286. The van der Waals surface area contributed by atoms with E-state index in [2.05, 4.69) is 10.4 Å². The van der Waals surface area contributed by atoms with Crippen LogP contribution in [-0.2, 0) is 13.6 Å². The Morgan fingerprint density at radius 1 is 1.45 bits per heavy atom. The van der Waals surface area contributed by atoms with Crippen LogP contribution >= 0.6 is 11.6 Å². The second-order valence-electron chi connectivity index (χ2n) is 4.69. The average Bonchev–Trinajstić information content (AvgIpc) is 2.64. The first-order valence-electron chi connectivity index (χ1n) is 6.22. The number of hydrogen-bond donors (Lipinski definition) is 2. The summed E-state index contributed by atoms with van der Waals surface area (Å²) in [4.78, 5) is 12.1. The van der Waals surface area contributed by atoms with Crippen LogP contribution in [0.4, 0.5) is 5.69 Å². The lowest BCUT2D eigenvalue weighted by molar-refractivity contribution is 0.0951. The van der Waals surface area contributed by atoms with Crippen LogP contribution in [0.15, 0.2) is 18.2 Å². The van der Waals surface area contributed by atoms with Crippen molar-refractivity contribution < 1.29 is 4.79 Å². The van der Waals surface area contributed by atoms with Crippen LogP contribution in [-0.4, -0.2) is 15.7 Å². The number of carbonyl (C=O) groups excluding carboxylic acids is 1. The molecule has 0 atom stereocenters. The zero-order chi connectivity index (χ0) is 14.9. The Balaban J connectivity index is 2.10. The quantitative estimate of drug-likeness (QED) is 0.852. The van der Waals surface area contributed by atoms with Crippen molar-refractivity contribution in [2.75, 3.05) is 5.73 Å². The molecule has 2 rings (SSSR count). The number of aromatic nitrogens is 2. The summed E-state index contributed by atoms with van der Waals surface area (Å²) in [6.45, 7) is 4.34. The molecule has 0 bridgehead atoms. The second-order valence-corrected chi connectivity index (χ2v) is 5.10. The van der Waals surface area contributed by atoms with Crippen LogP contribution in [0.3, 0.4) is 0 Å². The van der Waals surface area contributed by atoms with E-state index < -0.39 is 0 Å². The van der Waals surface area contributed by atoms with E-state index in [1.807, 2.05) is 20.9 Å². The van der Waals surface area contributed by atoms with Crippen molar-refractivity contribution in [1.82, 2.24) is 15.1 Å². The summed E-state index contributed by atoms with van der Waals surface area (Å²) >= 11 is 5.83. The maximum atomic E-state index is 12.1. The van der Waals surface area contributed by atoms with Crippen LogP contribution in [0.25, 0.3) is 0 Å². The van der Waals surface area contributed by atoms with E-state index in [-0.39, 0.29) is 5.91 Å². The molecule has 0 aliphatic rings. The van der Waals surface area contributed by atoms with Crippen LogP contribution in [0.5, 0.6) is 0 Å². The zero-order valence-corrected chi connectivity index (χ0v) is 12.5. The molecule has 0 aliphatic heterocycles. The van der Waals surface area contributed by atoms with Gasteiger partial charge in [-0.15, -0.1) is 0 Å². The predicted molar refractivity (Wildman–Crippen MR) is 79.7 cm³/mol. The summed E-state index contributed by atoms with van der Waals surface area (Å²) < 4.78 is 1.80. The molecule has 1 heterocycles. The van der Waals surface area contributed by atoms with Gasteiger partial charge in [-0.25, -0.2) is 0 Å². The van der Waals surface area contributed by atoms with Crippen LogP contribution in [0.2, 0.25) is 5.02 Å². The summed E-state index contributed by atoms with van der Waals surface area (Å²) in [7, 11) is 1.88. The Bertz CT molecular complexity index is 663. The summed E-state index contributed by atoms with van der Waals surface area (Å²) in [5, 5.41) is 7.63. The van der Waals surface area contributed by atoms with E-state index in [0.717, 1.165) is 17.0 Å². The maximum absolute atomic E-state index is 12.1. The van der Waals surface area contributed by atoms with Gasteiger partial charge in [0.25, 0.3) is 5.91 Å². The fourth-order valence-electron chi connectivity index (χ4n) is 2.03. The van der Waals surface area contributed by atoms with Gasteiger partial charge in [-0.3, -0.25) is 9.48 Å². The Kier molecular flexibility index (Phi) is 3.99. The second kappa shape index (κ2) is 5.54. The van der Waals surface area contributed by atoms with E-state index in [4.69, 9.17) is 17.3 Å². The number of nitrogens with two attached hydrogens (primary N) is 1. The first-order chi connectivity index (χ1) is 9.40. The van der Waals surface area contributed by atoms with Gasteiger partial charge in [0.2, 0.25) is 0 Å². The zero-order valence-electron chi connectivity index (χ0n) is 11.7. The van der Waals surface area contributed by atoms with Gasteiger partial charge in [-0.05, 0) is 32.0 Å². The number of nitrogens with zero attached hydrogens (tertiary/aromatic N) is 2. The van der Waals surface area contributed by atoms with Crippen LogP contribution in [0, 0.1) is 13.8 Å². The molecule has 0 radical (unpaired) electrons. The molecule has 1 aromatic heterocycles. The third-order valence-corrected chi connectivity index (χ3v) is 3.69. The number of rotatable bonds is 3. The smallest absolute Gasteiger partial charge is 0.251 e. The van der Waals surface area contributed by atoms with Crippen molar-refractivity contribution in [2.45, 2.75) is 20.4 Å². The van der Waals surface area contributed by atoms with Gasteiger partial charge in [0.15, 0.2) is 0 Å². The third kappa shape index (κ3) is 2.77. The monoisotopic (exact) mass is 292 g/mol. The lowest BCUT2D eigenvalue weighted by Crippen LogP contribution is -2.23. The van der Waals surface area contributed by atoms with Crippen molar-refractivity contribution in [1.29, 1.82) is 0 Å². The molecule has 1 aromatic carbocycles. The Morgan fingerprint density at radius 3 is 2.70 bits per heavy atom. The Hall–Kier alpha value is -2.01. The molecule has 5 nitrogen and oxygen atoms in total. The number of aryl methyl sites for hydroxylation is 2. The van der Waals surface area contributed by atoms with E-state index in [0.29, 0.717) is 22.8 Å². The van der Waals surface area contributed by atoms with Crippen molar-refractivity contribution in [3.05, 3.63) is 45.7 Å². The van der Waals surface area contributed by atoms with E-state index >= 15 is 0 Å². The van der Waals surface area contributed by atoms with Gasteiger partial charge in [-0.1, -0.05) is 11.6 Å². The van der Waals surface area contributed by atoms with Gasteiger partial charge in [0.1, 0.15) is 0 Å². The summed E-state index contributed by atoms with van der Waals surface area (Å²) in [5.74, 6) is -0.184.